The van der Waals surface area contributed by atoms with Crippen LogP contribution >= 0.6 is 15.9 Å². The molecule has 1 N–H and O–H groups in total. The maximum Gasteiger partial charge on any atom is 0.127 e. The first-order valence-electron chi connectivity index (χ1n) is 6.50. The standard InChI is InChI=1S/C14H18BrNO/c15-12-7-10-5-6-17-14(10)11(8-12)9-16-13-3-1-2-4-13/h7-8,13,16H,1-6,9H2. The molecule has 0 amide bonds. The van der Waals surface area contributed by atoms with E-state index in [0.29, 0.717) is 6.04 Å². The van der Waals surface area contributed by atoms with E-state index in [1.165, 1.54) is 41.3 Å². The van der Waals surface area contributed by atoms with Gasteiger partial charge in [-0.05, 0) is 30.5 Å². The Bertz CT molecular complexity index is 413. The average molecular weight is 296 g/mol. The van der Waals surface area contributed by atoms with E-state index in [4.69, 9.17) is 4.74 Å². The molecule has 0 aromatic heterocycles. The van der Waals surface area contributed by atoms with Gasteiger partial charge in [-0.25, -0.2) is 0 Å². The predicted octanol–water partition coefficient (Wildman–Crippen LogP) is 3.42. The summed E-state index contributed by atoms with van der Waals surface area (Å²) in [6, 6.07) is 5.08. The van der Waals surface area contributed by atoms with Gasteiger partial charge in [0.25, 0.3) is 0 Å². The summed E-state index contributed by atoms with van der Waals surface area (Å²) in [5.74, 6) is 1.12. The molecule has 1 aromatic carbocycles. The highest BCUT2D eigenvalue weighted by atomic mass is 79.9. The summed E-state index contributed by atoms with van der Waals surface area (Å²) in [7, 11) is 0. The Hall–Kier alpha value is -0.540. The van der Waals surface area contributed by atoms with E-state index >= 15 is 0 Å². The van der Waals surface area contributed by atoms with Gasteiger partial charge >= 0.3 is 0 Å². The van der Waals surface area contributed by atoms with E-state index in [1.807, 2.05) is 0 Å². The van der Waals surface area contributed by atoms with Crippen molar-refractivity contribution >= 4 is 15.9 Å². The van der Waals surface area contributed by atoms with Gasteiger partial charge in [0.15, 0.2) is 0 Å². The maximum atomic E-state index is 5.74. The third-order valence-electron chi connectivity index (χ3n) is 3.76. The summed E-state index contributed by atoms with van der Waals surface area (Å²) in [5, 5.41) is 3.65. The summed E-state index contributed by atoms with van der Waals surface area (Å²) >= 11 is 3.59. The van der Waals surface area contributed by atoms with Gasteiger partial charge in [0, 0.05) is 29.0 Å². The monoisotopic (exact) mass is 295 g/mol. The Morgan fingerprint density at radius 3 is 2.94 bits per heavy atom. The van der Waals surface area contributed by atoms with Crippen molar-refractivity contribution in [2.75, 3.05) is 6.61 Å². The van der Waals surface area contributed by atoms with Gasteiger partial charge in [-0.3, -0.25) is 0 Å². The van der Waals surface area contributed by atoms with Gasteiger partial charge in [-0.2, -0.15) is 0 Å². The molecular weight excluding hydrogens is 278 g/mol. The molecule has 92 valence electrons. The van der Waals surface area contributed by atoms with Gasteiger partial charge < -0.3 is 10.1 Å². The van der Waals surface area contributed by atoms with Crippen molar-refractivity contribution in [1.82, 2.24) is 5.32 Å². The van der Waals surface area contributed by atoms with Gasteiger partial charge in [0.1, 0.15) is 5.75 Å². The van der Waals surface area contributed by atoms with E-state index in [0.717, 1.165) is 25.3 Å². The molecular formula is C14H18BrNO. The lowest BCUT2D eigenvalue weighted by atomic mass is 10.1. The Labute approximate surface area is 111 Å². The van der Waals surface area contributed by atoms with E-state index in [2.05, 4.69) is 33.4 Å². The fraction of sp³-hybridized carbons (Fsp3) is 0.571. The van der Waals surface area contributed by atoms with Crippen LogP contribution in [0.15, 0.2) is 16.6 Å². The molecule has 0 radical (unpaired) electrons. The lowest BCUT2D eigenvalue weighted by Crippen LogP contribution is -2.25. The van der Waals surface area contributed by atoms with Crippen molar-refractivity contribution < 1.29 is 4.74 Å². The molecule has 1 heterocycles. The first kappa shape index (κ1) is 11.5. The fourth-order valence-electron chi connectivity index (χ4n) is 2.86. The molecule has 1 aromatic rings. The molecule has 2 nitrogen and oxygen atoms in total. The van der Waals surface area contributed by atoms with Crippen LogP contribution in [0.5, 0.6) is 5.75 Å². The van der Waals surface area contributed by atoms with Crippen LogP contribution in [-0.4, -0.2) is 12.6 Å². The zero-order chi connectivity index (χ0) is 11.7. The smallest absolute Gasteiger partial charge is 0.127 e. The van der Waals surface area contributed by atoms with Crippen molar-refractivity contribution in [3.05, 3.63) is 27.7 Å². The van der Waals surface area contributed by atoms with Crippen LogP contribution in [0, 0.1) is 0 Å². The molecule has 0 spiro atoms. The lowest BCUT2D eigenvalue weighted by molar-refractivity contribution is 0.351. The topological polar surface area (TPSA) is 21.3 Å². The van der Waals surface area contributed by atoms with Crippen LogP contribution in [0.2, 0.25) is 0 Å². The molecule has 17 heavy (non-hydrogen) atoms. The van der Waals surface area contributed by atoms with Gasteiger partial charge in [-0.1, -0.05) is 28.8 Å². The molecule has 0 unspecified atom stereocenters. The molecule has 1 fully saturated rings. The number of halogens is 1. The minimum absolute atomic E-state index is 0.714. The first-order chi connectivity index (χ1) is 8.33. The molecule has 2 aliphatic rings. The second kappa shape index (κ2) is 4.99. The third kappa shape index (κ3) is 2.50. The highest BCUT2D eigenvalue weighted by Gasteiger charge is 2.19. The van der Waals surface area contributed by atoms with Crippen LogP contribution < -0.4 is 10.1 Å². The summed E-state index contributed by atoms with van der Waals surface area (Å²) in [4.78, 5) is 0. The van der Waals surface area contributed by atoms with Crippen LogP contribution in [0.3, 0.4) is 0 Å². The number of benzene rings is 1. The Kier molecular flexibility index (Phi) is 3.39. The molecule has 0 bridgehead atoms. The number of hydrogen-bond donors (Lipinski definition) is 1. The first-order valence-corrected chi connectivity index (χ1v) is 7.30. The molecule has 3 rings (SSSR count). The normalized spacial score (nSPS) is 19.4. The van der Waals surface area contributed by atoms with Crippen LogP contribution in [-0.2, 0) is 13.0 Å². The van der Waals surface area contributed by atoms with Crippen molar-refractivity contribution in [2.45, 2.75) is 44.7 Å². The van der Waals surface area contributed by atoms with Crippen molar-refractivity contribution in [1.29, 1.82) is 0 Å². The van der Waals surface area contributed by atoms with Gasteiger partial charge in [-0.15, -0.1) is 0 Å². The number of nitrogens with one attached hydrogen (secondary N) is 1. The maximum absolute atomic E-state index is 5.74. The third-order valence-corrected chi connectivity index (χ3v) is 4.22. The second-order valence-electron chi connectivity index (χ2n) is 5.01. The fourth-order valence-corrected chi connectivity index (χ4v) is 3.41. The molecule has 0 saturated heterocycles. The van der Waals surface area contributed by atoms with E-state index in [-0.39, 0.29) is 0 Å². The van der Waals surface area contributed by atoms with Gasteiger partial charge in [0.05, 0.1) is 6.61 Å². The van der Waals surface area contributed by atoms with E-state index in [9.17, 15) is 0 Å². The predicted molar refractivity (Wildman–Crippen MR) is 72.4 cm³/mol. The zero-order valence-electron chi connectivity index (χ0n) is 9.97. The van der Waals surface area contributed by atoms with Crippen molar-refractivity contribution in [2.24, 2.45) is 0 Å². The van der Waals surface area contributed by atoms with Crippen molar-refractivity contribution in [3.63, 3.8) is 0 Å². The van der Waals surface area contributed by atoms with E-state index in [1.54, 1.807) is 0 Å². The zero-order valence-corrected chi connectivity index (χ0v) is 11.6. The lowest BCUT2D eigenvalue weighted by Gasteiger charge is -2.14. The van der Waals surface area contributed by atoms with Crippen LogP contribution in [0.25, 0.3) is 0 Å². The molecule has 1 aliphatic heterocycles. The largest absolute Gasteiger partial charge is 0.493 e. The quantitative estimate of drug-likeness (QED) is 0.923. The molecule has 1 saturated carbocycles. The minimum Gasteiger partial charge on any atom is -0.493 e. The Morgan fingerprint density at radius 1 is 1.29 bits per heavy atom. The van der Waals surface area contributed by atoms with Crippen LogP contribution in [0.4, 0.5) is 0 Å². The second-order valence-corrected chi connectivity index (χ2v) is 5.93. The van der Waals surface area contributed by atoms with Crippen LogP contribution in [0.1, 0.15) is 36.8 Å². The van der Waals surface area contributed by atoms with Gasteiger partial charge in [0.2, 0.25) is 0 Å². The Balaban J connectivity index is 1.73. The molecule has 0 atom stereocenters. The number of fused-ring (bicyclic) bond motifs is 1. The number of hydrogen-bond acceptors (Lipinski definition) is 2. The summed E-state index contributed by atoms with van der Waals surface area (Å²) < 4.78 is 6.91. The Morgan fingerprint density at radius 2 is 2.12 bits per heavy atom. The molecule has 3 heteroatoms. The number of rotatable bonds is 3. The SMILES string of the molecule is Brc1cc2c(c(CNC3CCCC3)c1)OCC2. The summed E-state index contributed by atoms with van der Waals surface area (Å²) in [6.07, 6.45) is 6.47. The average Bonchev–Trinajstić information content (AvgIpc) is 2.95. The molecule has 1 aliphatic carbocycles. The number of ether oxygens (including phenoxy) is 1. The highest BCUT2D eigenvalue weighted by Crippen LogP contribution is 2.33. The highest BCUT2D eigenvalue weighted by molar-refractivity contribution is 9.10. The van der Waals surface area contributed by atoms with E-state index < -0.39 is 0 Å². The minimum atomic E-state index is 0.714. The van der Waals surface area contributed by atoms with Crippen molar-refractivity contribution in [3.8, 4) is 5.75 Å². The summed E-state index contributed by atoms with van der Waals surface area (Å²) in [5.41, 5.74) is 2.65. The summed E-state index contributed by atoms with van der Waals surface area (Å²) in [6.45, 7) is 1.77.